The van der Waals surface area contributed by atoms with Crippen molar-refractivity contribution in [2.24, 2.45) is 0 Å². The Labute approximate surface area is 234 Å². The third kappa shape index (κ3) is 3.39. The lowest BCUT2D eigenvalue weighted by molar-refractivity contribution is 0.0236. The summed E-state index contributed by atoms with van der Waals surface area (Å²) in [5, 5.41) is 31.4. The molecule has 3 N–H and O–H groups in total. The predicted octanol–water partition coefficient (Wildman–Crippen LogP) is 5.73. The summed E-state index contributed by atoms with van der Waals surface area (Å²) in [6.07, 6.45) is 0. The predicted molar refractivity (Wildman–Crippen MR) is 148 cm³/mol. The van der Waals surface area contributed by atoms with Crippen LogP contribution in [0.4, 0.5) is 0 Å². The van der Waals surface area contributed by atoms with Gasteiger partial charge < -0.3 is 24.8 Å². The minimum Gasteiger partial charge on any atom is -0.508 e. The first kappa shape index (κ1) is 24.5. The third-order valence-corrected chi connectivity index (χ3v) is 7.87. The molecule has 0 bridgehead atoms. The van der Waals surface area contributed by atoms with E-state index >= 15 is 0 Å². The van der Waals surface area contributed by atoms with Crippen molar-refractivity contribution in [2.45, 2.75) is 11.2 Å². The summed E-state index contributed by atoms with van der Waals surface area (Å²) >= 11 is 0. The van der Waals surface area contributed by atoms with Gasteiger partial charge in [0.25, 0.3) is 0 Å². The number of hydrogen-bond donors (Lipinski definition) is 3. The monoisotopic (exact) mass is 542 g/mol. The largest absolute Gasteiger partial charge is 0.508 e. The highest BCUT2D eigenvalue weighted by Gasteiger charge is 2.53. The number of hydrogen-bond acceptors (Lipinski definition) is 7. The second-order valence-electron chi connectivity index (χ2n) is 10.1. The quantitative estimate of drug-likeness (QED) is 0.249. The maximum atomic E-state index is 13.2. The summed E-state index contributed by atoms with van der Waals surface area (Å²) in [4.78, 5) is 26.4. The van der Waals surface area contributed by atoms with Crippen LogP contribution in [-0.2, 0) is 20.7 Å². The van der Waals surface area contributed by atoms with Crippen molar-refractivity contribution in [3.63, 3.8) is 0 Å². The van der Waals surface area contributed by atoms with Crippen LogP contribution >= 0.6 is 0 Å². The molecule has 2 aliphatic rings. The van der Waals surface area contributed by atoms with Crippen molar-refractivity contribution < 1.29 is 34.4 Å². The molecule has 0 aromatic heterocycles. The highest BCUT2D eigenvalue weighted by molar-refractivity contribution is 5.97. The van der Waals surface area contributed by atoms with Crippen LogP contribution in [0.2, 0.25) is 0 Å². The number of phenols is 3. The zero-order valence-corrected chi connectivity index (χ0v) is 21.4. The molecular formula is C34H22O7. The molecule has 0 amide bonds. The summed E-state index contributed by atoms with van der Waals surface area (Å²) in [5.41, 5.74) is 0.668. The molecule has 2 unspecified atom stereocenters. The van der Waals surface area contributed by atoms with Gasteiger partial charge in [-0.3, -0.25) is 0 Å². The summed E-state index contributed by atoms with van der Waals surface area (Å²) in [6, 6.07) is 31.5. The molecule has 0 spiro atoms. The molecule has 0 saturated carbocycles. The highest BCUT2D eigenvalue weighted by atomic mass is 16.6. The van der Waals surface area contributed by atoms with Gasteiger partial charge >= 0.3 is 11.9 Å². The SMILES string of the molecule is O=C1OC(c2ccc(O)cc2)(c2ccc(O)c(C3(c4ccc(O)cc4)OC(=O)c4ccccc43)c2)c2ccccc21. The fraction of sp³-hybridized carbons (Fsp3) is 0.0588. The topological polar surface area (TPSA) is 113 Å². The van der Waals surface area contributed by atoms with Crippen LogP contribution in [0, 0.1) is 0 Å². The van der Waals surface area contributed by atoms with Crippen molar-refractivity contribution >= 4 is 11.9 Å². The Bertz CT molecular complexity index is 1860. The fourth-order valence-corrected chi connectivity index (χ4v) is 6.03. The molecule has 5 aromatic carbocycles. The lowest BCUT2D eigenvalue weighted by Crippen LogP contribution is -2.33. The van der Waals surface area contributed by atoms with Gasteiger partial charge in [-0.25, -0.2) is 9.59 Å². The second-order valence-corrected chi connectivity index (χ2v) is 10.1. The number of rotatable bonds is 4. The molecule has 7 nitrogen and oxygen atoms in total. The van der Waals surface area contributed by atoms with E-state index in [0.29, 0.717) is 38.9 Å². The van der Waals surface area contributed by atoms with Crippen molar-refractivity contribution in [2.75, 3.05) is 0 Å². The Hall–Kier alpha value is -5.56. The molecular weight excluding hydrogens is 520 g/mol. The number of phenolic OH excluding ortho intramolecular Hbond substituents is 3. The van der Waals surface area contributed by atoms with Crippen molar-refractivity contribution in [1.29, 1.82) is 0 Å². The molecule has 2 heterocycles. The highest BCUT2D eigenvalue weighted by Crippen LogP contribution is 2.53. The molecule has 0 saturated heterocycles. The van der Waals surface area contributed by atoms with Gasteiger partial charge in [0.1, 0.15) is 17.2 Å². The van der Waals surface area contributed by atoms with Gasteiger partial charge in [-0.05, 0) is 48.5 Å². The van der Waals surface area contributed by atoms with E-state index in [1.165, 1.54) is 30.3 Å². The van der Waals surface area contributed by atoms with Crippen LogP contribution in [0.25, 0.3) is 0 Å². The van der Waals surface area contributed by atoms with Crippen LogP contribution in [0.5, 0.6) is 17.2 Å². The molecule has 41 heavy (non-hydrogen) atoms. The van der Waals surface area contributed by atoms with Gasteiger partial charge in [0, 0.05) is 33.4 Å². The second kappa shape index (κ2) is 8.72. The van der Waals surface area contributed by atoms with E-state index in [1.54, 1.807) is 78.9 Å². The minimum atomic E-state index is -1.57. The van der Waals surface area contributed by atoms with E-state index in [0.717, 1.165) is 0 Å². The van der Waals surface area contributed by atoms with Gasteiger partial charge in [0.05, 0.1) is 11.1 Å². The summed E-state index contributed by atoms with van der Waals surface area (Å²) in [7, 11) is 0. The molecule has 2 atom stereocenters. The molecule has 0 aliphatic carbocycles. The number of benzene rings is 5. The smallest absolute Gasteiger partial charge is 0.340 e. The molecule has 200 valence electrons. The average Bonchev–Trinajstić information content (AvgIpc) is 3.47. The number of esters is 2. The summed E-state index contributed by atoms with van der Waals surface area (Å²) in [5.74, 6) is -1.16. The number of ether oxygens (including phenoxy) is 2. The zero-order chi connectivity index (χ0) is 28.4. The first-order valence-electron chi connectivity index (χ1n) is 12.9. The molecule has 0 fully saturated rings. The van der Waals surface area contributed by atoms with Crippen LogP contribution in [0.1, 0.15) is 54.1 Å². The van der Waals surface area contributed by atoms with Crippen LogP contribution in [0.3, 0.4) is 0 Å². The van der Waals surface area contributed by atoms with E-state index in [1.807, 2.05) is 6.07 Å². The standard InChI is InChI=1S/C34H22O7/c35-23-14-9-20(10-15-23)33(27-7-3-1-5-25(27)31(38)40-33)22-13-18-30(37)29(19-22)34(21-11-16-24(36)17-12-21)28-8-4-2-6-26(28)32(39)41-34/h1-19,35-37H. The maximum absolute atomic E-state index is 13.2. The van der Waals surface area contributed by atoms with Crippen LogP contribution in [-0.4, -0.2) is 27.3 Å². The number of fused-ring (bicyclic) bond motifs is 2. The summed E-state index contributed by atoms with van der Waals surface area (Å²) in [6.45, 7) is 0. The molecule has 2 aliphatic heterocycles. The summed E-state index contributed by atoms with van der Waals surface area (Å²) < 4.78 is 12.3. The molecule has 0 radical (unpaired) electrons. The number of carbonyl (C=O) groups excluding carboxylic acids is 2. The normalized spacial score (nSPS) is 20.7. The van der Waals surface area contributed by atoms with E-state index in [4.69, 9.17) is 9.47 Å². The Morgan fingerprint density at radius 2 is 0.902 bits per heavy atom. The number of carbonyl (C=O) groups is 2. The fourth-order valence-electron chi connectivity index (χ4n) is 6.03. The Kier molecular flexibility index (Phi) is 5.21. The Balaban J connectivity index is 1.54. The van der Waals surface area contributed by atoms with Crippen molar-refractivity contribution in [3.8, 4) is 17.2 Å². The van der Waals surface area contributed by atoms with Gasteiger partial charge in [0.2, 0.25) is 0 Å². The van der Waals surface area contributed by atoms with Gasteiger partial charge in [0.15, 0.2) is 11.2 Å². The van der Waals surface area contributed by atoms with Crippen molar-refractivity contribution in [3.05, 3.63) is 160 Å². The van der Waals surface area contributed by atoms with Gasteiger partial charge in [-0.2, -0.15) is 0 Å². The number of aromatic hydroxyl groups is 3. The lowest BCUT2D eigenvalue weighted by Gasteiger charge is -2.34. The minimum absolute atomic E-state index is 0.0280. The van der Waals surface area contributed by atoms with Gasteiger partial charge in [-0.15, -0.1) is 0 Å². The first-order valence-corrected chi connectivity index (χ1v) is 12.9. The van der Waals surface area contributed by atoms with Gasteiger partial charge in [-0.1, -0.05) is 66.7 Å². The van der Waals surface area contributed by atoms with Crippen LogP contribution in [0.15, 0.2) is 115 Å². The Morgan fingerprint density at radius 3 is 1.46 bits per heavy atom. The van der Waals surface area contributed by atoms with Crippen molar-refractivity contribution in [1.82, 2.24) is 0 Å². The maximum Gasteiger partial charge on any atom is 0.340 e. The molecule has 7 heteroatoms. The first-order chi connectivity index (χ1) is 19.8. The lowest BCUT2D eigenvalue weighted by atomic mass is 9.75. The Morgan fingerprint density at radius 1 is 0.463 bits per heavy atom. The van der Waals surface area contributed by atoms with E-state index < -0.39 is 23.1 Å². The molecule has 5 aromatic rings. The van der Waals surface area contributed by atoms with E-state index in [2.05, 4.69) is 0 Å². The van der Waals surface area contributed by atoms with Crippen LogP contribution < -0.4 is 0 Å². The average molecular weight is 543 g/mol. The van der Waals surface area contributed by atoms with E-state index in [9.17, 15) is 24.9 Å². The zero-order valence-electron chi connectivity index (χ0n) is 21.4. The number of cyclic esters (lactones) is 2. The molecule has 7 rings (SSSR count). The third-order valence-electron chi connectivity index (χ3n) is 7.87. The van der Waals surface area contributed by atoms with E-state index in [-0.39, 0.29) is 22.8 Å².